The van der Waals surface area contributed by atoms with Crippen LogP contribution in [0.25, 0.3) is 21.9 Å². The van der Waals surface area contributed by atoms with E-state index >= 15 is 0 Å². The minimum absolute atomic E-state index is 0.00621. The predicted octanol–water partition coefficient (Wildman–Crippen LogP) is 3.87. The third-order valence-electron chi connectivity index (χ3n) is 2.86. The average Bonchev–Trinajstić information content (AvgIpc) is 2.64. The fourth-order valence-corrected chi connectivity index (χ4v) is 2.24. The molecule has 0 aliphatic rings. The van der Waals surface area contributed by atoms with Crippen molar-refractivity contribution in [2.45, 2.75) is 6.42 Å². The van der Waals surface area contributed by atoms with Gasteiger partial charge in [0.1, 0.15) is 11.2 Å². The third-order valence-corrected chi connectivity index (χ3v) is 3.09. The summed E-state index contributed by atoms with van der Waals surface area (Å²) in [5, 5.41) is 11.3. The highest BCUT2D eigenvalue weighted by Crippen LogP contribution is 2.31. The second kappa shape index (κ2) is 4.03. The Morgan fingerprint density at radius 1 is 1.11 bits per heavy atom. The van der Waals surface area contributed by atoms with Crippen LogP contribution in [0, 0.1) is 0 Å². The van der Waals surface area contributed by atoms with E-state index in [1.165, 1.54) is 0 Å². The number of rotatable bonds is 2. The lowest BCUT2D eigenvalue weighted by molar-refractivity contribution is -0.136. The topological polar surface area (TPSA) is 50.4 Å². The Hall–Kier alpha value is -2.00. The Bertz CT molecular complexity index is 758. The van der Waals surface area contributed by atoms with Gasteiger partial charge in [0.2, 0.25) is 0 Å². The molecule has 3 rings (SSSR count). The number of benzene rings is 2. The van der Waals surface area contributed by atoms with Crippen LogP contribution in [-0.2, 0) is 11.2 Å². The van der Waals surface area contributed by atoms with Crippen LogP contribution in [0.15, 0.2) is 40.8 Å². The molecular weight excluding hydrogens is 252 g/mol. The fourth-order valence-electron chi connectivity index (χ4n) is 2.08. The van der Waals surface area contributed by atoms with Crippen molar-refractivity contribution in [1.82, 2.24) is 0 Å². The molecule has 0 unspecified atom stereocenters. The van der Waals surface area contributed by atoms with Gasteiger partial charge in [-0.05, 0) is 23.8 Å². The van der Waals surface area contributed by atoms with Crippen LogP contribution in [0.3, 0.4) is 0 Å². The quantitative estimate of drug-likeness (QED) is 0.761. The fraction of sp³-hybridized carbons (Fsp3) is 0.0714. The van der Waals surface area contributed by atoms with Crippen LogP contribution in [0.5, 0.6) is 0 Å². The van der Waals surface area contributed by atoms with Crippen LogP contribution in [0.4, 0.5) is 0 Å². The summed E-state index contributed by atoms with van der Waals surface area (Å²) in [6.45, 7) is 0. The molecule has 3 nitrogen and oxygen atoms in total. The number of hydrogen-bond acceptors (Lipinski definition) is 2. The largest absolute Gasteiger partial charge is 0.481 e. The van der Waals surface area contributed by atoms with Crippen molar-refractivity contribution in [2.24, 2.45) is 0 Å². The van der Waals surface area contributed by atoms with Gasteiger partial charge in [-0.3, -0.25) is 4.79 Å². The highest BCUT2D eigenvalue weighted by atomic mass is 35.5. The van der Waals surface area contributed by atoms with Crippen molar-refractivity contribution in [3.8, 4) is 0 Å². The molecule has 18 heavy (non-hydrogen) atoms. The highest BCUT2D eigenvalue weighted by molar-refractivity contribution is 6.31. The molecule has 0 fully saturated rings. The van der Waals surface area contributed by atoms with E-state index in [9.17, 15) is 4.79 Å². The molecule has 3 aromatic rings. The van der Waals surface area contributed by atoms with Crippen molar-refractivity contribution in [3.63, 3.8) is 0 Å². The maximum Gasteiger partial charge on any atom is 0.307 e. The van der Waals surface area contributed by atoms with Gasteiger partial charge in [-0.15, -0.1) is 0 Å². The van der Waals surface area contributed by atoms with Crippen molar-refractivity contribution in [3.05, 3.63) is 47.0 Å². The monoisotopic (exact) mass is 260 g/mol. The van der Waals surface area contributed by atoms with Gasteiger partial charge in [-0.1, -0.05) is 23.7 Å². The average molecular weight is 261 g/mol. The van der Waals surface area contributed by atoms with Crippen molar-refractivity contribution < 1.29 is 14.3 Å². The first-order chi connectivity index (χ1) is 8.63. The minimum Gasteiger partial charge on any atom is -0.481 e. The molecule has 0 saturated heterocycles. The summed E-state index contributed by atoms with van der Waals surface area (Å²) in [6.07, 6.45) is -0.00621. The molecule has 1 N–H and O–H groups in total. The van der Waals surface area contributed by atoms with Crippen LogP contribution >= 0.6 is 11.6 Å². The summed E-state index contributed by atoms with van der Waals surface area (Å²) >= 11 is 5.91. The van der Waals surface area contributed by atoms with Gasteiger partial charge < -0.3 is 9.52 Å². The first-order valence-corrected chi connectivity index (χ1v) is 5.84. The molecule has 90 valence electrons. The molecule has 0 aliphatic heterocycles. The Labute approximate surface area is 108 Å². The van der Waals surface area contributed by atoms with Gasteiger partial charge in [0.25, 0.3) is 0 Å². The zero-order valence-electron chi connectivity index (χ0n) is 9.31. The standard InChI is InChI=1S/C14H9ClO3/c15-9-2-4-11-10-3-1-8(6-14(16)17)5-12(10)18-13(11)7-9/h1-5,7H,6H2,(H,16,17). The van der Waals surface area contributed by atoms with E-state index in [1.807, 2.05) is 18.2 Å². The van der Waals surface area contributed by atoms with E-state index in [0.717, 1.165) is 16.3 Å². The molecule has 1 aromatic heterocycles. The minimum atomic E-state index is -0.853. The maximum atomic E-state index is 10.7. The van der Waals surface area contributed by atoms with Crippen LogP contribution in [0.1, 0.15) is 5.56 Å². The summed E-state index contributed by atoms with van der Waals surface area (Å²) in [7, 11) is 0. The van der Waals surface area contributed by atoms with Gasteiger partial charge in [0.05, 0.1) is 6.42 Å². The summed E-state index contributed by atoms with van der Waals surface area (Å²) in [6, 6.07) is 10.9. The zero-order chi connectivity index (χ0) is 12.7. The molecule has 0 amide bonds. The molecule has 0 radical (unpaired) electrons. The molecule has 0 bridgehead atoms. The van der Waals surface area contributed by atoms with Crippen molar-refractivity contribution >= 4 is 39.5 Å². The number of fused-ring (bicyclic) bond motifs is 3. The lowest BCUT2D eigenvalue weighted by Crippen LogP contribution is -1.99. The van der Waals surface area contributed by atoms with E-state index in [0.29, 0.717) is 16.2 Å². The van der Waals surface area contributed by atoms with Crippen molar-refractivity contribution in [1.29, 1.82) is 0 Å². The number of furan rings is 1. The lowest BCUT2D eigenvalue weighted by atomic mass is 10.1. The Morgan fingerprint density at radius 3 is 2.50 bits per heavy atom. The van der Waals surface area contributed by atoms with Crippen LogP contribution in [0.2, 0.25) is 5.02 Å². The van der Waals surface area contributed by atoms with E-state index in [4.69, 9.17) is 21.1 Å². The van der Waals surface area contributed by atoms with Crippen LogP contribution < -0.4 is 0 Å². The number of carboxylic acid groups (broad SMARTS) is 1. The first kappa shape index (κ1) is 11.1. The van der Waals surface area contributed by atoms with E-state index in [1.54, 1.807) is 18.2 Å². The number of hydrogen-bond donors (Lipinski definition) is 1. The van der Waals surface area contributed by atoms with Crippen molar-refractivity contribution in [2.75, 3.05) is 0 Å². The number of carbonyl (C=O) groups is 1. The number of halogens is 1. The SMILES string of the molecule is O=C(O)Cc1ccc2c(c1)oc1cc(Cl)ccc12. The first-order valence-electron chi connectivity index (χ1n) is 5.46. The second-order valence-electron chi connectivity index (χ2n) is 4.14. The molecule has 2 aromatic carbocycles. The van der Waals surface area contributed by atoms with Gasteiger partial charge in [0, 0.05) is 21.9 Å². The molecule has 0 atom stereocenters. The van der Waals surface area contributed by atoms with E-state index in [-0.39, 0.29) is 6.42 Å². The molecule has 0 spiro atoms. The number of aliphatic carboxylic acids is 1. The zero-order valence-corrected chi connectivity index (χ0v) is 10.1. The van der Waals surface area contributed by atoms with E-state index < -0.39 is 5.97 Å². The highest BCUT2D eigenvalue weighted by Gasteiger charge is 2.09. The lowest BCUT2D eigenvalue weighted by Gasteiger charge is -1.96. The maximum absolute atomic E-state index is 10.7. The smallest absolute Gasteiger partial charge is 0.307 e. The third kappa shape index (κ3) is 1.83. The molecule has 0 aliphatic carbocycles. The number of carboxylic acids is 1. The van der Waals surface area contributed by atoms with Gasteiger partial charge in [0.15, 0.2) is 0 Å². The molecule has 1 heterocycles. The van der Waals surface area contributed by atoms with Gasteiger partial charge >= 0.3 is 5.97 Å². The summed E-state index contributed by atoms with van der Waals surface area (Å²) in [5.41, 5.74) is 2.12. The van der Waals surface area contributed by atoms with E-state index in [2.05, 4.69) is 0 Å². The summed E-state index contributed by atoms with van der Waals surface area (Å²) < 4.78 is 5.68. The Morgan fingerprint density at radius 2 is 1.78 bits per heavy atom. The molecular formula is C14H9ClO3. The normalized spacial score (nSPS) is 11.2. The van der Waals surface area contributed by atoms with Crippen LogP contribution in [-0.4, -0.2) is 11.1 Å². The summed E-state index contributed by atoms with van der Waals surface area (Å²) in [5.74, 6) is -0.853. The van der Waals surface area contributed by atoms with Gasteiger partial charge in [-0.25, -0.2) is 0 Å². The van der Waals surface area contributed by atoms with Gasteiger partial charge in [-0.2, -0.15) is 0 Å². The second-order valence-corrected chi connectivity index (χ2v) is 4.58. The Balaban J connectivity index is 2.22. The molecule has 0 saturated carbocycles. The molecule has 4 heteroatoms. The summed E-state index contributed by atoms with van der Waals surface area (Å²) in [4.78, 5) is 10.7. The predicted molar refractivity (Wildman–Crippen MR) is 70.1 cm³/mol. The Kier molecular flexibility index (Phi) is 2.49.